The van der Waals surface area contributed by atoms with Crippen molar-refractivity contribution in [2.75, 3.05) is 13.1 Å². The van der Waals surface area contributed by atoms with E-state index in [2.05, 4.69) is 15.3 Å². The topological polar surface area (TPSA) is 37.8 Å². The van der Waals surface area contributed by atoms with Gasteiger partial charge in [-0.05, 0) is 25.9 Å². The van der Waals surface area contributed by atoms with E-state index in [0.717, 1.165) is 18.2 Å². The van der Waals surface area contributed by atoms with E-state index in [-0.39, 0.29) is 12.4 Å². The summed E-state index contributed by atoms with van der Waals surface area (Å²) >= 11 is 7.46. The van der Waals surface area contributed by atoms with Gasteiger partial charge in [0.2, 0.25) is 0 Å². The lowest BCUT2D eigenvalue weighted by atomic mass is 10.2. The molecule has 0 spiro atoms. The minimum atomic E-state index is 0. The number of nitrogens with zero attached hydrogens (tertiary/aromatic N) is 2. The van der Waals surface area contributed by atoms with Crippen molar-refractivity contribution in [3.8, 4) is 0 Å². The molecule has 1 aromatic heterocycles. The molecule has 1 fully saturated rings. The maximum Gasteiger partial charge on any atom is 0.187 e. The first-order valence-electron chi connectivity index (χ1n) is 4.69. The fourth-order valence-electron chi connectivity index (χ4n) is 1.42. The summed E-state index contributed by atoms with van der Waals surface area (Å²) in [7, 11) is 0. The molecule has 15 heavy (non-hydrogen) atoms. The number of thioether (sulfide) groups is 1. The quantitative estimate of drug-likeness (QED) is 0.834. The highest BCUT2D eigenvalue weighted by atomic mass is 35.5. The number of aromatic nitrogens is 2. The van der Waals surface area contributed by atoms with E-state index in [9.17, 15) is 0 Å². The number of hydrogen-bond donors (Lipinski definition) is 1. The third-order valence-electron chi connectivity index (χ3n) is 2.15. The van der Waals surface area contributed by atoms with Gasteiger partial charge in [-0.1, -0.05) is 23.4 Å². The molecule has 0 amide bonds. The average Bonchev–Trinajstić information content (AvgIpc) is 2.23. The van der Waals surface area contributed by atoms with Crippen molar-refractivity contribution in [1.82, 2.24) is 15.3 Å². The standard InChI is InChI=1S/C9H12ClN3S.ClH/c10-7-5-12-9(13-6-7)14-8-1-3-11-4-2-8;/h5-6,8,11H,1-4H2;1H. The van der Waals surface area contributed by atoms with Gasteiger partial charge in [0.25, 0.3) is 0 Å². The highest BCUT2D eigenvalue weighted by molar-refractivity contribution is 7.99. The van der Waals surface area contributed by atoms with Gasteiger partial charge in [0.1, 0.15) is 0 Å². The van der Waals surface area contributed by atoms with Crippen molar-refractivity contribution < 1.29 is 0 Å². The molecular formula is C9H13Cl2N3S. The second-order valence-electron chi connectivity index (χ2n) is 3.25. The van der Waals surface area contributed by atoms with Gasteiger partial charge in [-0.3, -0.25) is 0 Å². The maximum atomic E-state index is 5.71. The molecule has 0 radical (unpaired) electrons. The van der Waals surface area contributed by atoms with Crippen LogP contribution in [-0.2, 0) is 0 Å². The summed E-state index contributed by atoms with van der Waals surface area (Å²) in [4.78, 5) is 8.34. The highest BCUT2D eigenvalue weighted by Gasteiger charge is 2.15. The van der Waals surface area contributed by atoms with Crippen LogP contribution >= 0.6 is 35.8 Å². The van der Waals surface area contributed by atoms with Crippen LogP contribution in [0.15, 0.2) is 17.6 Å². The van der Waals surface area contributed by atoms with Gasteiger partial charge in [0, 0.05) is 5.25 Å². The second kappa shape index (κ2) is 6.53. The first kappa shape index (κ1) is 13.0. The Kier molecular flexibility index (Phi) is 5.68. The maximum absolute atomic E-state index is 5.71. The van der Waals surface area contributed by atoms with Crippen LogP contribution < -0.4 is 5.32 Å². The molecule has 0 bridgehead atoms. The van der Waals surface area contributed by atoms with Crippen molar-refractivity contribution in [3.05, 3.63) is 17.4 Å². The summed E-state index contributed by atoms with van der Waals surface area (Å²) in [5, 5.41) is 5.42. The fraction of sp³-hybridized carbons (Fsp3) is 0.556. The summed E-state index contributed by atoms with van der Waals surface area (Å²) < 4.78 is 0. The van der Waals surface area contributed by atoms with Gasteiger partial charge in [0.15, 0.2) is 5.16 Å². The molecule has 2 rings (SSSR count). The third-order valence-corrected chi connectivity index (χ3v) is 3.58. The molecule has 84 valence electrons. The minimum Gasteiger partial charge on any atom is -0.317 e. The molecular weight excluding hydrogens is 253 g/mol. The van der Waals surface area contributed by atoms with E-state index in [4.69, 9.17) is 11.6 Å². The molecule has 0 saturated carbocycles. The zero-order valence-electron chi connectivity index (χ0n) is 8.15. The lowest BCUT2D eigenvalue weighted by Gasteiger charge is -2.20. The van der Waals surface area contributed by atoms with Crippen LogP contribution in [-0.4, -0.2) is 28.3 Å². The summed E-state index contributed by atoms with van der Waals surface area (Å²) in [6, 6.07) is 0. The molecule has 1 N–H and O–H groups in total. The van der Waals surface area contributed by atoms with E-state index in [1.807, 2.05) is 0 Å². The van der Waals surface area contributed by atoms with Crippen molar-refractivity contribution in [2.45, 2.75) is 23.2 Å². The Morgan fingerprint density at radius 1 is 1.27 bits per heavy atom. The van der Waals surface area contributed by atoms with E-state index in [1.165, 1.54) is 12.8 Å². The number of rotatable bonds is 2. The molecule has 1 aliphatic rings. The molecule has 3 nitrogen and oxygen atoms in total. The summed E-state index contributed by atoms with van der Waals surface area (Å²) in [6.07, 6.45) is 5.68. The normalized spacial score (nSPS) is 17.1. The molecule has 1 aliphatic heterocycles. The third kappa shape index (κ3) is 4.15. The van der Waals surface area contributed by atoms with Crippen LogP contribution in [0.2, 0.25) is 5.02 Å². The Labute approximate surface area is 105 Å². The zero-order chi connectivity index (χ0) is 9.80. The Morgan fingerprint density at radius 3 is 2.47 bits per heavy atom. The molecule has 1 saturated heterocycles. The van der Waals surface area contributed by atoms with Gasteiger partial charge in [-0.2, -0.15) is 0 Å². The summed E-state index contributed by atoms with van der Waals surface area (Å²) in [6.45, 7) is 2.20. The van der Waals surface area contributed by atoms with E-state index < -0.39 is 0 Å². The monoisotopic (exact) mass is 265 g/mol. The van der Waals surface area contributed by atoms with Gasteiger partial charge < -0.3 is 5.32 Å². The summed E-state index contributed by atoms with van der Waals surface area (Å²) in [5.41, 5.74) is 0. The smallest absolute Gasteiger partial charge is 0.187 e. The molecule has 0 atom stereocenters. The van der Waals surface area contributed by atoms with Gasteiger partial charge in [-0.15, -0.1) is 12.4 Å². The SMILES string of the molecule is Cl.Clc1cnc(SC2CCNCC2)nc1. The molecule has 1 aromatic rings. The van der Waals surface area contributed by atoms with E-state index in [1.54, 1.807) is 24.2 Å². The van der Waals surface area contributed by atoms with Crippen LogP contribution in [0.25, 0.3) is 0 Å². The predicted octanol–water partition coefficient (Wildman–Crippen LogP) is 2.40. The lowest BCUT2D eigenvalue weighted by Crippen LogP contribution is -2.29. The minimum absolute atomic E-state index is 0. The van der Waals surface area contributed by atoms with Crippen molar-refractivity contribution >= 4 is 35.8 Å². The first-order chi connectivity index (χ1) is 6.84. The van der Waals surface area contributed by atoms with Crippen LogP contribution in [0.3, 0.4) is 0 Å². The Balaban J connectivity index is 0.00000112. The van der Waals surface area contributed by atoms with E-state index >= 15 is 0 Å². The van der Waals surface area contributed by atoms with Crippen molar-refractivity contribution in [3.63, 3.8) is 0 Å². The molecule has 0 aromatic carbocycles. The molecule has 2 heterocycles. The number of nitrogens with one attached hydrogen (secondary N) is 1. The Hall–Kier alpha value is -0.0300. The zero-order valence-corrected chi connectivity index (χ0v) is 10.5. The van der Waals surface area contributed by atoms with Crippen LogP contribution in [0.4, 0.5) is 0 Å². The van der Waals surface area contributed by atoms with Gasteiger partial charge >= 0.3 is 0 Å². The lowest BCUT2D eigenvalue weighted by molar-refractivity contribution is 0.531. The van der Waals surface area contributed by atoms with Gasteiger partial charge in [0.05, 0.1) is 17.4 Å². The average molecular weight is 266 g/mol. The fourth-order valence-corrected chi connectivity index (χ4v) is 2.52. The molecule has 0 unspecified atom stereocenters. The molecule has 6 heteroatoms. The van der Waals surface area contributed by atoms with Crippen LogP contribution in [0.1, 0.15) is 12.8 Å². The predicted molar refractivity (Wildman–Crippen MR) is 66.0 cm³/mol. The van der Waals surface area contributed by atoms with Crippen LogP contribution in [0, 0.1) is 0 Å². The summed E-state index contributed by atoms with van der Waals surface area (Å²) in [5.74, 6) is 0. The Bertz CT molecular complexity index is 288. The first-order valence-corrected chi connectivity index (χ1v) is 5.95. The van der Waals surface area contributed by atoms with Gasteiger partial charge in [-0.25, -0.2) is 9.97 Å². The Morgan fingerprint density at radius 2 is 1.87 bits per heavy atom. The van der Waals surface area contributed by atoms with Crippen LogP contribution in [0.5, 0.6) is 0 Å². The number of hydrogen-bond acceptors (Lipinski definition) is 4. The van der Waals surface area contributed by atoms with Crippen molar-refractivity contribution in [1.29, 1.82) is 0 Å². The number of piperidine rings is 1. The van der Waals surface area contributed by atoms with E-state index in [0.29, 0.717) is 10.3 Å². The highest BCUT2D eigenvalue weighted by Crippen LogP contribution is 2.25. The number of halogens is 2. The van der Waals surface area contributed by atoms with Crippen molar-refractivity contribution in [2.24, 2.45) is 0 Å². The largest absolute Gasteiger partial charge is 0.317 e. The second-order valence-corrected chi connectivity index (χ2v) is 4.96. The molecule has 0 aliphatic carbocycles.